The molecule has 0 aliphatic rings. The summed E-state index contributed by atoms with van der Waals surface area (Å²) in [5, 5.41) is 18.5. The van der Waals surface area contributed by atoms with Gasteiger partial charge < -0.3 is 19.2 Å². The third kappa shape index (κ3) is 4.51. The molecular weight excluding hydrogens is 386 g/mol. The molecule has 0 saturated heterocycles. The Morgan fingerprint density at radius 2 is 2.00 bits per heavy atom. The maximum Gasteiger partial charge on any atom is 0.256 e. The van der Waals surface area contributed by atoms with Crippen LogP contribution < -0.4 is 4.74 Å². The number of amides is 1. The maximum atomic E-state index is 13.3. The lowest BCUT2D eigenvalue weighted by Crippen LogP contribution is -2.33. The minimum Gasteiger partial charge on any atom is -0.497 e. The zero-order chi connectivity index (χ0) is 21.9. The molecule has 0 bridgehead atoms. The Balaban J connectivity index is 1.82. The van der Waals surface area contributed by atoms with Crippen molar-refractivity contribution in [2.75, 3.05) is 20.2 Å². The van der Waals surface area contributed by atoms with E-state index in [0.717, 1.165) is 0 Å². The highest BCUT2D eigenvalue weighted by atomic mass is 16.5. The van der Waals surface area contributed by atoms with Crippen molar-refractivity contribution in [1.82, 2.24) is 24.9 Å². The van der Waals surface area contributed by atoms with Crippen LogP contribution in [0.2, 0.25) is 0 Å². The van der Waals surface area contributed by atoms with Gasteiger partial charge in [0.05, 0.1) is 25.1 Å². The molecule has 1 N–H and O–H groups in total. The van der Waals surface area contributed by atoms with Crippen molar-refractivity contribution in [2.24, 2.45) is 0 Å². The molecule has 0 aliphatic carbocycles. The normalized spacial score (nSPS) is 11.5. The van der Waals surface area contributed by atoms with Gasteiger partial charge in [-0.2, -0.15) is 15.0 Å². The van der Waals surface area contributed by atoms with Crippen molar-refractivity contribution < 1.29 is 19.1 Å². The third-order valence-electron chi connectivity index (χ3n) is 4.75. The van der Waals surface area contributed by atoms with Crippen molar-refractivity contribution in [2.45, 2.75) is 39.7 Å². The summed E-state index contributed by atoms with van der Waals surface area (Å²) in [6.45, 7) is 7.94. The number of ether oxygens (including phenoxy) is 1. The van der Waals surface area contributed by atoms with Crippen LogP contribution in [-0.2, 0) is 12.0 Å². The van der Waals surface area contributed by atoms with Crippen LogP contribution in [0.4, 0.5) is 0 Å². The van der Waals surface area contributed by atoms with Crippen molar-refractivity contribution in [3.8, 4) is 11.4 Å². The van der Waals surface area contributed by atoms with Gasteiger partial charge in [0, 0.05) is 25.6 Å². The number of likely N-dealkylation sites (N-methyl/N-ethyl adjacent to an activating group) is 1. The fraction of sp³-hybridized carbons (Fsp3) is 0.429. The van der Waals surface area contributed by atoms with Crippen molar-refractivity contribution in [1.29, 1.82) is 0 Å². The van der Waals surface area contributed by atoms with Crippen molar-refractivity contribution >= 4 is 5.91 Å². The molecule has 1 aromatic carbocycles. The second-order valence-corrected chi connectivity index (χ2v) is 7.41. The Kier molecular flexibility index (Phi) is 6.21. The third-order valence-corrected chi connectivity index (χ3v) is 4.75. The van der Waals surface area contributed by atoms with E-state index in [4.69, 9.17) is 9.15 Å². The summed E-state index contributed by atoms with van der Waals surface area (Å²) < 4.78 is 11.0. The van der Waals surface area contributed by atoms with E-state index in [2.05, 4.69) is 15.2 Å². The number of oxazole rings is 1. The summed E-state index contributed by atoms with van der Waals surface area (Å²) in [6, 6.07) is 5.18. The molecule has 9 heteroatoms. The van der Waals surface area contributed by atoms with Gasteiger partial charge in [0.1, 0.15) is 28.5 Å². The lowest BCUT2D eigenvalue weighted by molar-refractivity contribution is 0.0725. The number of aliphatic hydroxyl groups is 1. The van der Waals surface area contributed by atoms with Crippen molar-refractivity contribution in [3.63, 3.8) is 0 Å². The molecule has 0 fully saturated rings. The zero-order valence-electron chi connectivity index (χ0n) is 17.9. The smallest absolute Gasteiger partial charge is 0.256 e. The highest BCUT2D eigenvalue weighted by Crippen LogP contribution is 2.24. The number of nitrogens with zero attached hydrogens (tertiary/aromatic N) is 5. The van der Waals surface area contributed by atoms with E-state index in [0.29, 0.717) is 53.9 Å². The van der Waals surface area contributed by atoms with Crippen LogP contribution in [0.5, 0.6) is 5.75 Å². The van der Waals surface area contributed by atoms with Crippen LogP contribution in [0.3, 0.4) is 0 Å². The van der Waals surface area contributed by atoms with Crippen LogP contribution in [0.1, 0.15) is 48.5 Å². The summed E-state index contributed by atoms with van der Waals surface area (Å²) in [5.74, 6) is 1.52. The van der Waals surface area contributed by atoms with Gasteiger partial charge in [-0.05, 0) is 39.8 Å². The van der Waals surface area contributed by atoms with Gasteiger partial charge in [-0.25, -0.2) is 4.98 Å². The molecule has 0 aliphatic heterocycles. The Bertz CT molecular complexity index is 1010. The molecule has 0 unspecified atom stereocenters. The molecule has 1 amide bonds. The quantitative estimate of drug-likeness (QED) is 0.605. The SMILES string of the molecule is CCN(CCc1nc(C(C)(C)O)c(C)o1)C(=O)c1ccc(OC)cc1-n1nccn1. The van der Waals surface area contributed by atoms with Gasteiger partial charge in [0.2, 0.25) is 0 Å². The van der Waals surface area contributed by atoms with Gasteiger partial charge in [-0.15, -0.1) is 0 Å². The number of rotatable bonds is 8. The predicted molar refractivity (Wildman–Crippen MR) is 110 cm³/mol. The average molecular weight is 413 g/mol. The number of hydrogen-bond donors (Lipinski definition) is 1. The first-order chi connectivity index (χ1) is 14.2. The molecular formula is C21H27N5O4. The Labute approximate surface area is 175 Å². The molecule has 2 aromatic heterocycles. The van der Waals surface area contributed by atoms with Crippen LogP contribution >= 0.6 is 0 Å². The fourth-order valence-corrected chi connectivity index (χ4v) is 3.25. The minimum absolute atomic E-state index is 0.154. The van der Waals surface area contributed by atoms with Gasteiger partial charge in [0.25, 0.3) is 5.91 Å². The lowest BCUT2D eigenvalue weighted by Gasteiger charge is -2.21. The van der Waals surface area contributed by atoms with E-state index in [-0.39, 0.29) is 5.91 Å². The summed E-state index contributed by atoms with van der Waals surface area (Å²) >= 11 is 0. The lowest BCUT2D eigenvalue weighted by atomic mass is 10.0. The second-order valence-electron chi connectivity index (χ2n) is 7.41. The highest BCUT2D eigenvalue weighted by molar-refractivity contribution is 5.98. The van der Waals surface area contributed by atoms with Crippen LogP contribution in [0, 0.1) is 6.92 Å². The first-order valence-corrected chi connectivity index (χ1v) is 9.77. The molecule has 2 heterocycles. The zero-order valence-corrected chi connectivity index (χ0v) is 17.9. The number of carbonyl (C=O) groups is 1. The standard InChI is InChI=1S/C21H27N5O4/c1-6-25(12-9-18-24-19(14(2)30-18)21(3,4)28)20(27)16-8-7-15(29-5)13-17(16)26-22-10-11-23-26/h7-8,10-11,13,28H,6,9,12H2,1-5H3. The van der Waals surface area contributed by atoms with Gasteiger partial charge in [0.15, 0.2) is 5.89 Å². The monoisotopic (exact) mass is 413 g/mol. The largest absolute Gasteiger partial charge is 0.497 e. The van der Waals surface area contributed by atoms with E-state index < -0.39 is 5.60 Å². The van der Waals surface area contributed by atoms with Crippen molar-refractivity contribution in [3.05, 3.63) is 53.5 Å². The fourth-order valence-electron chi connectivity index (χ4n) is 3.25. The predicted octanol–water partition coefficient (Wildman–Crippen LogP) is 2.50. The highest BCUT2D eigenvalue weighted by Gasteiger charge is 2.25. The van der Waals surface area contributed by atoms with Crippen LogP contribution in [-0.4, -0.2) is 56.1 Å². The first-order valence-electron chi connectivity index (χ1n) is 9.77. The Morgan fingerprint density at radius 1 is 1.30 bits per heavy atom. The number of methoxy groups -OCH3 is 1. The molecule has 9 nitrogen and oxygen atoms in total. The molecule has 160 valence electrons. The summed E-state index contributed by atoms with van der Waals surface area (Å²) in [4.78, 5) is 20.8. The minimum atomic E-state index is -1.08. The molecule has 0 radical (unpaired) electrons. The van der Waals surface area contributed by atoms with E-state index in [9.17, 15) is 9.90 Å². The molecule has 0 spiro atoms. The molecule has 30 heavy (non-hydrogen) atoms. The number of aromatic nitrogens is 4. The maximum absolute atomic E-state index is 13.3. The topological polar surface area (TPSA) is 107 Å². The number of hydrogen-bond acceptors (Lipinski definition) is 7. The number of benzene rings is 1. The molecule has 3 aromatic rings. The Hall–Kier alpha value is -3.20. The Morgan fingerprint density at radius 3 is 2.57 bits per heavy atom. The number of carbonyl (C=O) groups excluding carboxylic acids is 1. The van der Waals surface area contributed by atoms with Crippen LogP contribution in [0.25, 0.3) is 5.69 Å². The van der Waals surface area contributed by atoms with Crippen LogP contribution in [0.15, 0.2) is 35.0 Å². The van der Waals surface area contributed by atoms with Gasteiger partial charge >= 0.3 is 0 Å². The second kappa shape index (κ2) is 8.66. The van der Waals surface area contributed by atoms with Gasteiger partial charge in [-0.1, -0.05) is 0 Å². The van der Waals surface area contributed by atoms with E-state index in [1.165, 1.54) is 4.80 Å². The molecule has 0 saturated carbocycles. The summed E-state index contributed by atoms with van der Waals surface area (Å²) in [6.07, 6.45) is 3.54. The van der Waals surface area contributed by atoms with E-state index in [1.54, 1.807) is 63.4 Å². The number of aryl methyl sites for hydroxylation is 1. The first kappa shape index (κ1) is 21.5. The average Bonchev–Trinajstić information content (AvgIpc) is 3.37. The van der Waals surface area contributed by atoms with E-state index >= 15 is 0 Å². The molecule has 0 atom stereocenters. The molecule has 3 rings (SSSR count). The van der Waals surface area contributed by atoms with E-state index in [1.807, 2.05) is 6.92 Å². The summed E-state index contributed by atoms with van der Waals surface area (Å²) in [7, 11) is 1.57. The van der Waals surface area contributed by atoms with Gasteiger partial charge in [-0.3, -0.25) is 4.79 Å². The summed E-state index contributed by atoms with van der Waals surface area (Å²) in [5.41, 5.74) is 0.434.